The molecule has 1 saturated carbocycles. The second-order valence-electron chi connectivity index (χ2n) is 8.71. The zero-order valence-electron chi connectivity index (χ0n) is 16.5. The van der Waals surface area contributed by atoms with Gasteiger partial charge in [-0.15, -0.1) is 0 Å². The van der Waals surface area contributed by atoms with Crippen molar-refractivity contribution in [3.05, 3.63) is 24.3 Å². The van der Waals surface area contributed by atoms with Crippen LogP contribution in [0.4, 0.5) is 6.01 Å². The largest absolute Gasteiger partial charge is 0.423 e. The van der Waals surface area contributed by atoms with Crippen molar-refractivity contribution in [2.45, 2.75) is 44.6 Å². The van der Waals surface area contributed by atoms with Crippen molar-refractivity contribution >= 4 is 23.0 Å². The molecule has 1 N–H and O–H groups in total. The van der Waals surface area contributed by atoms with Crippen LogP contribution in [0.1, 0.15) is 38.5 Å². The third-order valence-electron chi connectivity index (χ3n) is 6.62. The van der Waals surface area contributed by atoms with Gasteiger partial charge in [-0.05, 0) is 63.1 Å². The molecule has 0 spiro atoms. The van der Waals surface area contributed by atoms with Gasteiger partial charge < -0.3 is 14.6 Å². The van der Waals surface area contributed by atoms with Gasteiger partial charge in [0.1, 0.15) is 5.52 Å². The van der Waals surface area contributed by atoms with Gasteiger partial charge in [-0.2, -0.15) is 4.98 Å². The maximum absolute atomic E-state index is 12.5. The molecule has 28 heavy (non-hydrogen) atoms. The van der Waals surface area contributed by atoms with Gasteiger partial charge in [0.05, 0.1) is 5.92 Å². The Morgan fingerprint density at radius 1 is 1.11 bits per heavy atom. The van der Waals surface area contributed by atoms with E-state index in [1.54, 1.807) is 0 Å². The molecule has 3 heterocycles. The van der Waals surface area contributed by atoms with E-state index in [2.05, 4.69) is 20.1 Å². The van der Waals surface area contributed by atoms with Gasteiger partial charge in [0.15, 0.2) is 5.58 Å². The molecule has 6 heteroatoms. The Morgan fingerprint density at radius 2 is 1.93 bits per heavy atom. The van der Waals surface area contributed by atoms with Gasteiger partial charge in [0, 0.05) is 32.2 Å². The molecule has 2 aromatic rings. The minimum Gasteiger partial charge on any atom is -0.423 e. The highest BCUT2D eigenvalue weighted by Crippen LogP contribution is 2.29. The van der Waals surface area contributed by atoms with E-state index in [0.717, 1.165) is 81.4 Å². The summed E-state index contributed by atoms with van der Waals surface area (Å²) < 4.78 is 5.94. The fourth-order valence-electron chi connectivity index (χ4n) is 4.68. The molecule has 1 amide bonds. The van der Waals surface area contributed by atoms with Crippen molar-refractivity contribution in [1.82, 2.24) is 15.2 Å². The molecule has 1 aliphatic carbocycles. The van der Waals surface area contributed by atoms with E-state index in [4.69, 9.17) is 4.42 Å². The van der Waals surface area contributed by atoms with Crippen LogP contribution in [0.15, 0.2) is 28.7 Å². The summed E-state index contributed by atoms with van der Waals surface area (Å²) in [6, 6.07) is 9.26. The smallest absolute Gasteiger partial charge is 0.298 e. The summed E-state index contributed by atoms with van der Waals surface area (Å²) in [6.07, 6.45) is 6.96. The molecular formula is C22H30N4O2. The Balaban J connectivity index is 1.15. The van der Waals surface area contributed by atoms with Crippen molar-refractivity contribution in [3.8, 4) is 0 Å². The molecule has 3 fully saturated rings. The molecule has 2 aliphatic heterocycles. The number of nitrogens with zero attached hydrogens (tertiary/aromatic N) is 3. The lowest BCUT2D eigenvalue weighted by Crippen LogP contribution is -2.51. The van der Waals surface area contributed by atoms with Gasteiger partial charge in [0.25, 0.3) is 6.01 Å². The lowest BCUT2D eigenvalue weighted by molar-refractivity contribution is -0.127. The highest BCUT2D eigenvalue weighted by atomic mass is 16.4. The Kier molecular flexibility index (Phi) is 4.97. The quantitative estimate of drug-likeness (QED) is 0.861. The van der Waals surface area contributed by atoms with Gasteiger partial charge in [0.2, 0.25) is 5.91 Å². The molecule has 0 radical (unpaired) electrons. The number of hydrogen-bond acceptors (Lipinski definition) is 5. The molecule has 3 aliphatic rings. The fraction of sp³-hybridized carbons (Fsp3) is 0.636. The number of amides is 1. The van der Waals surface area contributed by atoms with Crippen LogP contribution in [-0.4, -0.2) is 54.6 Å². The van der Waals surface area contributed by atoms with E-state index in [9.17, 15) is 4.79 Å². The van der Waals surface area contributed by atoms with Crippen LogP contribution in [-0.2, 0) is 4.79 Å². The summed E-state index contributed by atoms with van der Waals surface area (Å²) >= 11 is 0. The third kappa shape index (κ3) is 3.88. The van der Waals surface area contributed by atoms with Crippen molar-refractivity contribution in [2.75, 3.05) is 37.6 Å². The third-order valence-corrected chi connectivity index (χ3v) is 6.62. The Hall–Kier alpha value is -2.08. The lowest BCUT2D eigenvalue weighted by Gasteiger charge is -2.41. The van der Waals surface area contributed by atoms with Crippen LogP contribution in [0, 0.1) is 11.8 Å². The number of piperidine rings is 2. The van der Waals surface area contributed by atoms with Crippen molar-refractivity contribution in [3.63, 3.8) is 0 Å². The van der Waals surface area contributed by atoms with Crippen molar-refractivity contribution in [1.29, 1.82) is 0 Å². The van der Waals surface area contributed by atoms with E-state index in [1.807, 2.05) is 24.3 Å². The second kappa shape index (κ2) is 7.74. The average Bonchev–Trinajstić information content (AvgIpc) is 3.48. The van der Waals surface area contributed by atoms with E-state index >= 15 is 0 Å². The molecule has 0 unspecified atom stereocenters. The first-order valence-corrected chi connectivity index (χ1v) is 10.9. The van der Waals surface area contributed by atoms with Crippen molar-refractivity contribution in [2.24, 2.45) is 11.8 Å². The number of fused-ring (bicyclic) bond motifs is 1. The summed E-state index contributed by atoms with van der Waals surface area (Å²) in [6.45, 7) is 4.86. The highest BCUT2D eigenvalue weighted by Gasteiger charge is 2.33. The first-order chi connectivity index (χ1) is 13.8. The molecule has 2 saturated heterocycles. The minimum atomic E-state index is 0.169. The van der Waals surface area contributed by atoms with Gasteiger partial charge >= 0.3 is 0 Å². The van der Waals surface area contributed by atoms with Gasteiger partial charge in [-0.3, -0.25) is 9.69 Å². The predicted octanol–water partition coefficient (Wildman–Crippen LogP) is 3.03. The van der Waals surface area contributed by atoms with Gasteiger partial charge in [-0.25, -0.2) is 0 Å². The summed E-state index contributed by atoms with van der Waals surface area (Å²) in [4.78, 5) is 22.0. The summed E-state index contributed by atoms with van der Waals surface area (Å²) in [5.74, 6) is 1.20. The molecule has 0 bridgehead atoms. The first-order valence-electron chi connectivity index (χ1n) is 10.9. The number of anilines is 1. The average molecular weight is 383 g/mol. The van der Waals surface area contributed by atoms with Crippen LogP contribution in [0.2, 0.25) is 0 Å². The maximum Gasteiger partial charge on any atom is 0.298 e. The zero-order chi connectivity index (χ0) is 18.9. The second-order valence-corrected chi connectivity index (χ2v) is 8.71. The molecular weight excluding hydrogens is 352 g/mol. The number of oxazole rings is 1. The number of hydrogen-bond donors (Lipinski definition) is 1. The molecule has 1 aromatic carbocycles. The number of para-hydroxylation sites is 2. The van der Waals surface area contributed by atoms with E-state index in [-0.39, 0.29) is 11.8 Å². The molecule has 1 aromatic heterocycles. The molecule has 1 atom stereocenters. The minimum absolute atomic E-state index is 0.169. The Morgan fingerprint density at radius 3 is 2.71 bits per heavy atom. The Labute approximate surface area is 166 Å². The topological polar surface area (TPSA) is 61.6 Å². The van der Waals surface area contributed by atoms with E-state index in [1.165, 1.54) is 12.8 Å². The van der Waals surface area contributed by atoms with Crippen molar-refractivity contribution < 1.29 is 9.21 Å². The number of rotatable bonds is 5. The van der Waals surface area contributed by atoms with Gasteiger partial charge in [-0.1, -0.05) is 12.1 Å². The lowest BCUT2D eigenvalue weighted by atomic mass is 9.93. The predicted molar refractivity (Wildman–Crippen MR) is 109 cm³/mol. The normalized spacial score (nSPS) is 24.6. The summed E-state index contributed by atoms with van der Waals surface area (Å²) in [5, 5.41) is 3.18. The SMILES string of the molecule is O=C(NCC1CC1)[C@H]1CCCN(C2CCN(c3nc4ccccc4o3)CC2)C1. The highest BCUT2D eigenvalue weighted by molar-refractivity contribution is 5.79. The number of benzene rings is 1. The van der Waals surface area contributed by atoms with Crippen LogP contribution in [0.25, 0.3) is 11.1 Å². The zero-order valence-corrected chi connectivity index (χ0v) is 16.5. The van der Waals surface area contributed by atoms with Crippen LogP contribution in [0.3, 0.4) is 0 Å². The molecule has 150 valence electrons. The number of likely N-dealkylation sites (tertiary alicyclic amines) is 1. The van der Waals surface area contributed by atoms with Crippen LogP contribution in [0.5, 0.6) is 0 Å². The van der Waals surface area contributed by atoms with Crippen LogP contribution >= 0.6 is 0 Å². The number of aromatic nitrogens is 1. The van der Waals surface area contributed by atoms with E-state index in [0.29, 0.717) is 6.04 Å². The first kappa shape index (κ1) is 18.0. The summed E-state index contributed by atoms with van der Waals surface area (Å²) in [5.41, 5.74) is 1.78. The molecule has 6 nitrogen and oxygen atoms in total. The van der Waals surface area contributed by atoms with Crippen LogP contribution < -0.4 is 10.2 Å². The molecule has 5 rings (SSSR count). The maximum atomic E-state index is 12.5. The number of carbonyl (C=O) groups is 1. The fourth-order valence-corrected chi connectivity index (χ4v) is 4.68. The monoisotopic (exact) mass is 382 g/mol. The number of carbonyl (C=O) groups excluding carboxylic acids is 1. The standard InChI is InChI=1S/C22H30N4O2/c27-21(23-14-16-7-8-16)17-4-3-11-26(15-17)18-9-12-25(13-10-18)22-24-19-5-1-2-6-20(19)28-22/h1-2,5-6,16-18H,3-4,7-15H2,(H,23,27)/t17-/m0/s1. The Bertz CT molecular complexity index is 790. The number of nitrogens with one attached hydrogen (secondary N) is 1. The summed E-state index contributed by atoms with van der Waals surface area (Å²) in [7, 11) is 0. The van der Waals surface area contributed by atoms with E-state index < -0.39 is 0 Å².